The largest absolute Gasteiger partial charge is 0.493 e. The standard InChI is InChI=1S/C18H17N5O3S2/c1-24-13-6-5-11(8-14(13)25-2)16-21-22-18(23(16)19)28-10-12-9-26-17(20-12)15-4-3-7-27-15/h3-9H,10,19H2,1-2H3. The number of ether oxygens (including phenoxy) is 2. The van der Waals surface area contributed by atoms with Crippen molar-refractivity contribution in [2.75, 3.05) is 20.1 Å². The van der Waals surface area contributed by atoms with E-state index < -0.39 is 0 Å². The Morgan fingerprint density at radius 2 is 2.04 bits per heavy atom. The van der Waals surface area contributed by atoms with Crippen LogP contribution in [-0.4, -0.2) is 34.1 Å². The first-order valence-electron chi connectivity index (χ1n) is 8.23. The van der Waals surface area contributed by atoms with Gasteiger partial charge in [0.1, 0.15) is 6.26 Å². The molecular formula is C18H17N5O3S2. The van der Waals surface area contributed by atoms with Crippen molar-refractivity contribution in [3.05, 3.63) is 47.7 Å². The predicted octanol–water partition coefficient (Wildman–Crippen LogP) is 3.68. The van der Waals surface area contributed by atoms with Gasteiger partial charge in [-0.3, -0.25) is 0 Å². The molecule has 4 aromatic rings. The maximum absolute atomic E-state index is 6.20. The monoisotopic (exact) mass is 415 g/mol. The van der Waals surface area contributed by atoms with E-state index in [4.69, 9.17) is 19.7 Å². The van der Waals surface area contributed by atoms with Crippen LogP contribution in [-0.2, 0) is 5.75 Å². The zero-order valence-corrected chi connectivity index (χ0v) is 16.8. The Bertz CT molecular complexity index is 1080. The molecule has 0 unspecified atom stereocenters. The number of thioether (sulfide) groups is 1. The first kappa shape index (κ1) is 18.4. The summed E-state index contributed by atoms with van der Waals surface area (Å²) in [5, 5.41) is 10.9. The Labute approximate surface area is 169 Å². The van der Waals surface area contributed by atoms with Crippen LogP contribution in [0.3, 0.4) is 0 Å². The highest BCUT2D eigenvalue weighted by molar-refractivity contribution is 7.98. The summed E-state index contributed by atoms with van der Waals surface area (Å²) in [4.78, 5) is 5.49. The van der Waals surface area contributed by atoms with E-state index in [1.165, 1.54) is 16.4 Å². The van der Waals surface area contributed by atoms with E-state index in [1.807, 2.05) is 29.6 Å². The first-order chi connectivity index (χ1) is 13.7. The lowest BCUT2D eigenvalue weighted by Crippen LogP contribution is -2.11. The Morgan fingerprint density at radius 1 is 1.18 bits per heavy atom. The van der Waals surface area contributed by atoms with Crippen LogP contribution in [0, 0.1) is 0 Å². The fourth-order valence-electron chi connectivity index (χ4n) is 2.57. The van der Waals surface area contributed by atoms with Crippen LogP contribution in [0.5, 0.6) is 11.5 Å². The van der Waals surface area contributed by atoms with Crippen molar-refractivity contribution >= 4 is 23.1 Å². The van der Waals surface area contributed by atoms with E-state index in [2.05, 4.69) is 15.2 Å². The molecule has 0 fully saturated rings. The predicted molar refractivity (Wildman–Crippen MR) is 108 cm³/mol. The van der Waals surface area contributed by atoms with Crippen LogP contribution < -0.4 is 15.3 Å². The van der Waals surface area contributed by atoms with Gasteiger partial charge in [0.15, 0.2) is 17.3 Å². The molecule has 28 heavy (non-hydrogen) atoms. The molecule has 10 heteroatoms. The average Bonchev–Trinajstić information content (AvgIpc) is 3.47. The number of nitrogen functional groups attached to an aromatic ring is 1. The van der Waals surface area contributed by atoms with Gasteiger partial charge in [-0.05, 0) is 29.6 Å². The molecule has 0 aliphatic rings. The fraction of sp³-hybridized carbons (Fsp3) is 0.167. The van der Waals surface area contributed by atoms with E-state index in [0.29, 0.717) is 34.1 Å². The Balaban J connectivity index is 1.50. The highest BCUT2D eigenvalue weighted by atomic mass is 32.2. The van der Waals surface area contributed by atoms with Crippen molar-refractivity contribution < 1.29 is 13.9 Å². The number of nitrogens with zero attached hydrogens (tertiary/aromatic N) is 4. The van der Waals surface area contributed by atoms with E-state index in [1.54, 1.807) is 37.9 Å². The van der Waals surface area contributed by atoms with Crippen molar-refractivity contribution in [3.8, 4) is 33.7 Å². The third kappa shape index (κ3) is 3.56. The zero-order valence-electron chi connectivity index (χ0n) is 15.2. The molecule has 0 aliphatic carbocycles. The van der Waals surface area contributed by atoms with E-state index in [-0.39, 0.29) is 0 Å². The van der Waals surface area contributed by atoms with Gasteiger partial charge < -0.3 is 19.7 Å². The van der Waals surface area contributed by atoms with Crippen LogP contribution in [0.2, 0.25) is 0 Å². The number of aromatic nitrogens is 4. The molecule has 2 N–H and O–H groups in total. The van der Waals surface area contributed by atoms with Crippen LogP contribution in [0.1, 0.15) is 5.69 Å². The summed E-state index contributed by atoms with van der Waals surface area (Å²) in [6.45, 7) is 0. The number of thiophene rings is 1. The maximum atomic E-state index is 6.20. The number of nitrogens with two attached hydrogens (primary N) is 1. The summed E-state index contributed by atoms with van der Waals surface area (Å²) < 4.78 is 17.6. The highest BCUT2D eigenvalue weighted by Gasteiger charge is 2.16. The summed E-state index contributed by atoms with van der Waals surface area (Å²) in [5.41, 5.74) is 1.59. The molecule has 0 saturated carbocycles. The van der Waals surface area contributed by atoms with Gasteiger partial charge in [-0.15, -0.1) is 21.5 Å². The Morgan fingerprint density at radius 3 is 2.79 bits per heavy atom. The van der Waals surface area contributed by atoms with Crippen molar-refractivity contribution in [1.82, 2.24) is 19.9 Å². The maximum Gasteiger partial charge on any atom is 0.236 e. The molecule has 8 nitrogen and oxygen atoms in total. The first-order valence-corrected chi connectivity index (χ1v) is 10.1. The number of hydrogen-bond acceptors (Lipinski definition) is 9. The molecule has 0 bridgehead atoms. The molecule has 4 rings (SSSR count). The van der Waals surface area contributed by atoms with Crippen molar-refractivity contribution in [2.24, 2.45) is 0 Å². The molecule has 0 aliphatic heterocycles. The van der Waals surface area contributed by atoms with Gasteiger partial charge in [0.2, 0.25) is 11.0 Å². The molecule has 0 spiro atoms. The second-order valence-corrected chi connectivity index (χ2v) is 7.55. The van der Waals surface area contributed by atoms with Gasteiger partial charge in [-0.1, -0.05) is 17.8 Å². The van der Waals surface area contributed by atoms with Crippen LogP contribution in [0.25, 0.3) is 22.2 Å². The molecule has 1 aromatic carbocycles. The lowest BCUT2D eigenvalue weighted by atomic mass is 10.2. The van der Waals surface area contributed by atoms with Gasteiger partial charge in [0, 0.05) is 11.3 Å². The van der Waals surface area contributed by atoms with Gasteiger partial charge in [0.25, 0.3) is 0 Å². The summed E-state index contributed by atoms with van der Waals surface area (Å²) >= 11 is 3.02. The fourth-order valence-corrected chi connectivity index (χ4v) is 3.96. The smallest absolute Gasteiger partial charge is 0.236 e. The average molecular weight is 416 g/mol. The molecule has 0 radical (unpaired) electrons. The molecular weight excluding hydrogens is 398 g/mol. The van der Waals surface area contributed by atoms with E-state index in [0.717, 1.165) is 16.1 Å². The van der Waals surface area contributed by atoms with Crippen LogP contribution in [0.15, 0.2) is 51.5 Å². The van der Waals surface area contributed by atoms with Gasteiger partial charge in [-0.25, -0.2) is 9.66 Å². The second kappa shape index (κ2) is 7.95. The highest BCUT2D eigenvalue weighted by Crippen LogP contribution is 2.32. The zero-order chi connectivity index (χ0) is 19.5. The van der Waals surface area contributed by atoms with Gasteiger partial charge in [-0.2, -0.15) is 0 Å². The molecule has 3 aromatic heterocycles. The lowest BCUT2D eigenvalue weighted by molar-refractivity contribution is 0.355. The van der Waals surface area contributed by atoms with Gasteiger partial charge >= 0.3 is 0 Å². The SMILES string of the molecule is COc1ccc(-c2nnc(SCc3coc(-c4cccs4)n3)n2N)cc1OC. The topological polar surface area (TPSA) is 101 Å². The molecule has 144 valence electrons. The number of benzene rings is 1. The quantitative estimate of drug-likeness (QED) is 0.360. The number of methoxy groups -OCH3 is 2. The van der Waals surface area contributed by atoms with Crippen molar-refractivity contribution in [1.29, 1.82) is 0 Å². The van der Waals surface area contributed by atoms with Crippen molar-refractivity contribution in [3.63, 3.8) is 0 Å². The number of oxazole rings is 1. The normalized spacial score (nSPS) is 10.9. The Kier molecular flexibility index (Phi) is 5.22. The number of rotatable bonds is 7. The molecule has 0 saturated heterocycles. The minimum absolute atomic E-state index is 0.530. The molecule has 0 atom stereocenters. The second-order valence-electron chi connectivity index (χ2n) is 5.66. The minimum Gasteiger partial charge on any atom is -0.493 e. The third-order valence-electron chi connectivity index (χ3n) is 3.94. The summed E-state index contributed by atoms with van der Waals surface area (Å²) in [7, 11) is 3.17. The van der Waals surface area contributed by atoms with E-state index >= 15 is 0 Å². The third-order valence-corrected chi connectivity index (χ3v) is 5.77. The van der Waals surface area contributed by atoms with Gasteiger partial charge in [0.05, 0.1) is 24.8 Å². The lowest BCUT2D eigenvalue weighted by Gasteiger charge is -2.09. The summed E-state index contributed by atoms with van der Waals surface area (Å²) in [5.74, 6) is 9.15. The summed E-state index contributed by atoms with van der Waals surface area (Å²) in [6, 6.07) is 9.40. The number of hydrogen-bond donors (Lipinski definition) is 1. The summed E-state index contributed by atoms with van der Waals surface area (Å²) in [6.07, 6.45) is 1.65. The molecule has 3 heterocycles. The van der Waals surface area contributed by atoms with Crippen LogP contribution >= 0.6 is 23.1 Å². The van der Waals surface area contributed by atoms with Crippen LogP contribution in [0.4, 0.5) is 0 Å². The Hall–Kier alpha value is -2.98. The van der Waals surface area contributed by atoms with E-state index in [9.17, 15) is 0 Å². The van der Waals surface area contributed by atoms with Crippen molar-refractivity contribution in [2.45, 2.75) is 10.9 Å². The molecule has 0 amide bonds. The minimum atomic E-state index is 0.530.